The lowest BCUT2D eigenvalue weighted by Crippen LogP contribution is -2.76. The van der Waals surface area contributed by atoms with Crippen molar-refractivity contribution in [1.82, 2.24) is 4.90 Å². The Labute approximate surface area is 85.3 Å². The SMILES string of the molecule is NC1(C2(O)CCC2)CN2CCC1CC2. The number of hydrogen-bond donors (Lipinski definition) is 2. The van der Waals surface area contributed by atoms with Gasteiger partial charge in [-0.15, -0.1) is 0 Å². The molecule has 2 bridgehead atoms. The average molecular weight is 196 g/mol. The van der Waals surface area contributed by atoms with Gasteiger partial charge in [0.25, 0.3) is 0 Å². The van der Waals surface area contributed by atoms with E-state index in [1.54, 1.807) is 0 Å². The highest BCUT2D eigenvalue weighted by atomic mass is 16.3. The average Bonchev–Trinajstić information content (AvgIpc) is 2.15. The van der Waals surface area contributed by atoms with Gasteiger partial charge >= 0.3 is 0 Å². The van der Waals surface area contributed by atoms with E-state index in [4.69, 9.17) is 5.73 Å². The van der Waals surface area contributed by atoms with Crippen molar-refractivity contribution in [3.8, 4) is 0 Å². The van der Waals surface area contributed by atoms with Gasteiger partial charge < -0.3 is 15.7 Å². The summed E-state index contributed by atoms with van der Waals surface area (Å²) in [7, 11) is 0. The molecule has 1 saturated carbocycles. The highest BCUT2D eigenvalue weighted by Gasteiger charge is 2.58. The van der Waals surface area contributed by atoms with E-state index in [-0.39, 0.29) is 5.54 Å². The van der Waals surface area contributed by atoms with E-state index in [1.807, 2.05) is 0 Å². The van der Waals surface area contributed by atoms with Crippen LogP contribution < -0.4 is 5.73 Å². The molecule has 1 unspecified atom stereocenters. The number of nitrogens with zero attached hydrogens (tertiary/aromatic N) is 1. The predicted molar refractivity (Wildman–Crippen MR) is 54.9 cm³/mol. The van der Waals surface area contributed by atoms with Gasteiger partial charge in [-0.1, -0.05) is 0 Å². The van der Waals surface area contributed by atoms with Gasteiger partial charge in [0.2, 0.25) is 0 Å². The molecule has 0 aromatic heterocycles. The van der Waals surface area contributed by atoms with Gasteiger partial charge in [0.1, 0.15) is 0 Å². The molecule has 0 aromatic carbocycles. The lowest BCUT2D eigenvalue weighted by Gasteiger charge is -2.61. The Morgan fingerprint density at radius 2 is 1.86 bits per heavy atom. The van der Waals surface area contributed by atoms with Crippen molar-refractivity contribution < 1.29 is 5.11 Å². The van der Waals surface area contributed by atoms with Crippen LogP contribution in [0.2, 0.25) is 0 Å². The van der Waals surface area contributed by atoms with Crippen LogP contribution in [0.5, 0.6) is 0 Å². The molecule has 80 valence electrons. The number of nitrogens with two attached hydrogens (primary N) is 1. The number of rotatable bonds is 1. The zero-order chi connectivity index (χ0) is 9.81. The molecule has 0 spiro atoms. The molecule has 4 rings (SSSR count). The summed E-state index contributed by atoms with van der Waals surface area (Å²) in [6.07, 6.45) is 5.39. The molecule has 3 heterocycles. The van der Waals surface area contributed by atoms with Crippen LogP contribution >= 0.6 is 0 Å². The van der Waals surface area contributed by atoms with Gasteiger partial charge in [-0.3, -0.25) is 0 Å². The van der Waals surface area contributed by atoms with Crippen LogP contribution in [0.15, 0.2) is 0 Å². The van der Waals surface area contributed by atoms with Gasteiger partial charge in [-0.25, -0.2) is 0 Å². The molecule has 3 N–H and O–H groups in total. The van der Waals surface area contributed by atoms with Gasteiger partial charge in [0, 0.05) is 6.54 Å². The topological polar surface area (TPSA) is 49.5 Å². The molecule has 1 atom stereocenters. The van der Waals surface area contributed by atoms with Crippen molar-refractivity contribution in [1.29, 1.82) is 0 Å². The second-order valence-electron chi connectivity index (χ2n) is 5.48. The van der Waals surface area contributed by atoms with Crippen LogP contribution in [0, 0.1) is 5.92 Å². The minimum absolute atomic E-state index is 0.290. The summed E-state index contributed by atoms with van der Waals surface area (Å²) in [5.41, 5.74) is 5.67. The fourth-order valence-electron chi connectivity index (χ4n) is 3.61. The predicted octanol–water partition coefficient (Wildman–Crippen LogP) is 0.324. The molecule has 4 aliphatic rings. The third-order valence-electron chi connectivity index (χ3n) is 4.85. The maximum atomic E-state index is 10.5. The molecular weight excluding hydrogens is 176 g/mol. The molecule has 3 nitrogen and oxygen atoms in total. The summed E-state index contributed by atoms with van der Waals surface area (Å²) < 4.78 is 0. The van der Waals surface area contributed by atoms with Gasteiger partial charge in [0.05, 0.1) is 11.1 Å². The zero-order valence-electron chi connectivity index (χ0n) is 8.71. The van der Waals surface area contributed by atoms with Crippen LogP contribution in [0.1, 0.15) is 32.1 Å². The highest BCUT2D eigenvalue weighted by molar-refractivity contribution is 5.16. The van der Waals surface area contributed by atoms with Crippen molar-refractivity contribution in [3.05, 3.63) is 0 Å². The normalized spacial score (nSPS) is 50.1. The fraction of sp³-hybridized carbons (Fsp3) is 1.00. The Balaban J connectivity index is 1.88. The largest absolute Gasteiger partial charge is 0.388 e. The lowest BCUT2D eigenvalue weighted by atomic mass is 9.57. The molecule has 1 aliphatic carbocycles. The Hall–Kier alpha value is -0.120. The number of aliphatic hydroxyl groups is 1. The minimum atomic E-state index is -0.531. The Bertz CT molecular complexity index is 244. The van der Waals surface area contributed by atoms with Crippen molar-refractivity contribution in [3.63, 3.8) is 0 Å². The summed E-state index contributed by atoms with van der Waals surface area (Å²) in [6, 6.07) is 0. The number of piperidine rings is 3. The smallest absolute Gasteiger partial charge is 0.0841 e. The van der Waals surface area contributed by atoms with Crippen molar-refractivity contribution in [2.45, 2.75) is 43.2 Å². The zero-order valence-corrected chi connectivity index (χ0v) is 8.71. The van der Waals surface area contributed by atoms with E-state index in [9.17, 15) is 5.11 Å². The van der Waals surface area contributed by atoms with Crippen LogP contribution in [0.25, 0.3) is 0 Å². The molecule has 0 radical (unpaired) electrons. The molecule has 0 aromatic rings. The summed E-state index contributed by atoms with van der Waals surface area (Å²) in [4.78, 5) is 2.43. The summed E-state index contributed by atoms with van der Waals surface area (Å²) in [5, 5.41) is 10.5. The van der Waals surface area contributed by atoms with Crippen molar-refractivity contribution in [2.75, 3.05) is 19.6 Å². The summed E-state index contributed by atoms with van der Waals surface area (Å²) >= 11 is 0. The third-order valence-corrected chi connectivity index (χ3v) is 4.85. The van der Waals surface area contributed by atoms with E-state index in [0.717, 1.165) is 25.8 Å². The lowest BCUT2D eigenvalue weighted by molar-refractivity contribution is -0.155. The van der Waals surface area contributed by atoms with E-state index in [2.05, 4.69) is 4.90 Å². The van der Waals surface area contributed by atoms with Crippen molar-refractivity contribution in [2.24, 2.45) is 11.7 Å². The number of hydrogen-bond acceptors (Lipinski definition) is 3. The van der Waals surface area contributed by atoms with Gasteiger partial charge in [-0.2, -0.15) is 0 Å². The molecular formula is C11H20N2O. The van der Waals surface area contributed by atoms with Crippen LogP contribution in [-0.4, -0.2) is 40.8 Å². The number of fused-ring (bicyclic) bond motifs is 3. The Kier molecular flexibility index (Phi) is 1.77. The fourth-order valence-corrected chi connectivity index (χ4v) is 3.61. The maximum Gasteiger partial charge on any atom is 0.0841 e. The molecule has 3 heteroatoms. The van der Waals surface area contributed by atoms with Gasteiger partial charge in [0.15, 0.2) is 0 Å². The van der Waals surface area contributed by atoms with Crippen LogP contribution in [0.3, 0.4) is 0 Å². The Morgan fingerprint density at radius 3 is 2.21 bits per heavy atom. The first-order chi connectivity index (χ1) is 6.64. The highest BCUT2D eigenvalue weighted by Crippen LogP contribution is 2.48. The van der Waals surface area contributed by atoms with Crippen LogP contribution in [-0.2, 0) is 0 Å². The Morgan fingerprint density at radius 1 is 1.21 bits per heavy atom. The van der Waals surface area contributed by atoms with E-state index >= 15 is 0 Å². The molecule has 3 aliphatic heterocycles. The van der Waals surface area contributed by atoms with Crippen molar-refractivity contribution >= 4 is 0 Å². The molecule has 14 heavy (non-hydrogen) atoms. The summed E-state index contributed by atoms with van der Waals surface area (Å²) in [5.74, 6) is 0.567. The first-order valence-corrected chi connectivity index (χ1v) is 5.88. The molecule has 0 amide bonds. The van der Waals surface area contributed by atoms with Crippen LogP contribution in [0.4, 0.5) is 0 Å². The second kappa shape index (κ2) is 2.71. The molecule has 4 fully saturated rings. The minimum Gasteiger partial charge on any atom is -0.388 e. The van der Waals surface area contributed by atoms with E-state index in [0.29, 0.717) is 5.92 Å². The first-order valence-electron chi connectivity index (χ1n) is 5.88. The van der Waals surface area contributed by atoms with E-state index < -0.39 is 5.60 Å². The molecule has 3 saturated heterocycles. The monoisotopic (exact) mass is 196 g/mol. The second-order valence-corrected chi connectivity index (χ2v) is 5.48. The maximum absolute atomic E-state index is 10.5. The third kappa shape index (κ3) is 0.980. The van der Waals surface area contributed by atoms with E-state index in [1.165, 1.54) is 25.9 Å². The van der Waals surface area contributed by atoms with Gasteiger partial charge in [-0.05, 0) is 51.1 Å². The summed E-state index contributed by atoms with van der Waals surface area (Å²) in [6.45, 7) is 3.31. The standard InChI is InChI=1S/C11H20N2O/c12-11(10(14)4-1-5-10)8-13-6-2-9(11)3-7-13/h9,14H,1-8,12H2. The first kappa shape index (κ1) is 9.13. The quantitative estimate of drug-likeness (QED) is 0.635.